The van der Waals surface area contributed by atoms with E-state index >= 15 is 0 Å². The summed E-state index contributed by atoms with van der Waals surface area (Å²) in [4.78, 5) is 12.6. The number of anilines is 2. The zero-order chi connectivity index (χ0) is 19.6. The number of nitrogens with zero attached hydrogens (tertiary/aromatic N) is 1. The van der Waals surface area contributed by atoms with Crippen LogP contribution < -0.4 is 9.62 Å². The number of carbonyl (C=O) groups is 1. The first-order chi connectivity index (χ1) is 12.8. The molecule has 1 N–H and O–H groups in total. The third-order valence-electron chi connectivity index (χ3n) is 3.92. The van der Waals surface area contributed by atoms with Crippen LogP contribution in [0.25, 0.3) is 0 Å². The molecule has 0 aromatic heterocycles. The Morgan fingerprint density at radius 2 is 1.96 bits per heavy atom. The van der Waals surface area contributed by atoms with E-state index in [1.807, 2.05) is 0 Å². The molecule has 0 unspecified atom stereocenters. The molecule has 0 radical (unpaired) electrons. The molecular formula is C17H15ClF2N2O3S2. The Balaban J connectivity index is 1.86. The Labute approximate surface area is 164 Å². The predicted molar refractivity (Wildman–Crippen MR) is 103 cm³/mol. The van der Waals surface area contributed by atoms with E-state index in [1.54, 1.807) is 18.2 Å². The molecule has 1 aliphatic rings. The van der Waals surface area contributed by atoms with Gasteiger partial charge in [0.1, 0.15) is 0 Å². The van der Waals surface area contributed by atoms with Gasteiger partial charge in [-0.1, -0.05) is 35.5 Å². The van der Waals surface area contributed by atoms with E-state index in [9.17, 15) is 22.0 Å². The molecule has 1 heterocycles. The van der Waals surface area contributed by atoms with Crippen LogP contribution in [0.5, 0.6) is 0 Å². The number of nitrogens with one attached hydrogen (secondary N) is 1. The lowest BCUT2D eigenvalue weighted by atomic mass is 10.1. The van der Waals surface area contributed by atoms with Gasteiger partial charge < -0.3 is 5.32 Å². The lowest BCUT2D eigenvalue weighted by molar-refractivity contribution is 0.102. The van der Waals surface area contributed by atoms with Crippen LogP contribution in [0, 0.1) is 0 Å². The second-order valence-corrected chi connectivity index (χ2v) is 9.16. The first-order valence-electron chi connectivity index (χ1n) is 7.93. The van der Waals surface area contributed by atoms with Gasteiger partial charge >= 0.3 is 0 Å². The smallest absolute Gasteiger partial charge is 0.289 e. The fraction of sp³-hybridized carbons (Fsp3) is 0.235. The minimum absolute atomic E-state index is 0.0696. The van der Waals surface area contributed by atoms with Crippen molar-refractivity contribution in [1.29, 1.82) is 0 Å². The fourth-order valence-electron chi connectivity index (χ4n) is 2.74. The summed E-state index contributed by atoms with van der Waals surface area (Å²) in [6.07, 6.45) is 0.523. The Bertz CT molecular complexity index is 970. The lowest BCUT2D eigenvalue weighted by Crippen LogP contribution is -2.25. The molecule has 27 heavy (non-hydrogen) atoms. The van der Waals surface area contributed by atoms with Gasteiger partial charge in [-0.2, -0.15) is 8.78 Å². The number of hydrogen-bond donors (Lipinski definition) is 1. The molecule has 0 bridgehead atoms. The SMILES string of the molecule is O=C(Nc1cccc(Cl)c1SC(F)F)c1cccc(N2CCCS2(=O)=O)c1. The largest absolute Gasteiger partial charge is 0.321 e. The Hall–Kier alpha value is -1.84. The molecule has 0 aliphatic carbocycles. The number of alkyl halides is 2. The van der Waals surface area contributed by atoms with E-state index in [0.717, 1.165) is 0 Å². The van der Waals surface area contributed by atoms with Gasteiger partial charge in [-0.25, -0.2) is 8.42 Å². The highest BCUT2D eigenvalue weighted by molar-refractivity contribution is 7.99. The molecule has 0 atom stereocenters. The van der Waals surface area contributed by atoms with Crippen molar-refractivity contribution in [2.24, 2.45) is 0 Å². The Morgan fingerprint density at radius 1 is 1.22 bits per heavy atom. The van der Waals surface area contributed by atoms with Gasteiger partial charge in [0, 0.05) is 12.1 Å². The number of amides is 1. The van der Waals surface area contributed by atoms with Crippen molar-refractivity contribution in [2.75, 3.05) is 21.9 Å². The molecule has 1 saturated heterocycles. The maximum Gasteiger partial charge on any atom is 0.289 e. The van der Waals surface area contributed by atoms with E-state index in [-0.39, 0.29) is 38.7 Å². The van der Waals surface area contributed by atoms with Crippen LogP contribution in [0.15, 0.2) is 47.4 Å². The second kappa shape index (κ2) is 8.04. The number of carbonyl (C=O) groups excluding carboxylic acids is 1. The normalized spacial score (nSPS) is 15.9. The molecule has 0 saturated carbocycles. The maximum absolute atomic E-state index is 12.8. The summed E-state index contributed by atoms with van der Waals surface area (Å²) >= 11 is 6.21. The molecule has 2 aromatic rings. The number of hydrogen-bond acceptors (Lipinski definition) is 4. The van der Waals surface area contributed by atoms with E-state index in [1.165, 1.54) is 28.6 Å². The van der Waals surface area contributed by atoms with Gasteiger partial charge in [0.15, 0.2) is 0 Å². The monoisotopic (exact) mass is 432 g/mol. The highest BCUT2D eigenvalue weighted by Crippen LogP contribution is 2.37. The van der Waals surface area contributed by atoms with E-state index in [2.05, 4.69) is 5.32 Å². The van der Waals surface area contributed by atoms with E-state index in [0.29, 0.717) is 18.7 Å². The summed E-state index contributed by atoms with van der Waals surface area (Å²) < 4.78 is 50.9. The number of halogens is 3. The summed E-state index contributed by atoms with van der Waals surface area (Å²) in [6.45, 7) is 0.358. The second-order valence-electron chi connectivity index (χ2n) is 5.74. The quantitative estimate of drug-likeness (QED) is 0.709. The van der Waals surface area contributed by atoms with Crippen LogP contribution in [-0.4, -0.2) is 32.4 Å². The van der Waals surface area contributed by atoms with Gasteiger partial charge in [-0.15, -0.1) is 0 Å². The third kappa shape index (κ3) is 4.53. The van der Waals surface area contributed by atoms with Crippen molar-refractivity contribution < 1.29 is 22.0 Å². The Kier molecular flexibility index (Phi) is 5.92. The topological polar surface area (TPSA) is 66.5 Å². The molecule has 3 rings (SSSR count). The van der Waals surface area contributed by atoms with Crippen molar-refractivity contribution in [1.82, 2.24) is 0 Å². The molecule has 1 amide bonds. The standard InChI is InChI=1S/C17H15ClF2N2O3S2/c18-13-6-2-7-14(15(13)26-17(19)20)21-16(23)11-4-1-5-12(10-11)22-8-3-9-27(22,24)25/h1-2,4-7,10,17H,3,8-9H2,(H,21,23). The molecule has 10 heteroatoms. The van der Waals surface area contributed by atoms with E-state index < -0.39 is 21.7 Å². The van der Waals surface area contributed by atoms with Crippen molar-refractivity contribution in [3.8, 4) is 0 Å². The third-order valence-corrected chi connectivity index (χ3v) is 7.07. The van der Waals surface area contributed by atoms with Crippen molar-refractivity contribution in [2.45, 2.75) is 17.1 Å². The molecule has 0 spiro atoms. The number of thioether (sulfide) groups is 1. The first kappa shape index (κ1) is 19.9. The highest BCUT2D eigenvalue weighted by Gasteiger charge is 2.28. The molecule has 1 aliphatic heterocycles. The zero-order valence-electron chi connectivity index (χ0n) is 13.9. The van der Waals surface area contributed by atoms with Gasteiger partial charge in [0.2, 0.25) is 10.0 Å². The van der Waals surface area contributed by atoms with Gasteiger partial charge in [-0.05, 0) is 36.8 Å². The van der Waals surface area contributed by atoms with Gasteiger partial charge in [0.05, 0.1) is 27.0 Å². The summed E-state index contributed by atoms with van der Waals surface area (Å²) in [6, 6.07) is 10.6. The van der Waals surface area contributed by atoms with Crippen molar-refractivity contribution in [3.05, 3.63) is 53.1 Å². The highest BCUT2D eigenvalue weighted by atomic mass is 35.5. The molecule has 1 fully saturated rings. The minimum Gasteiger partial charge on any atom is -0.321 e. The predicted octanol–water partition coefficient (Wildman–Crippen LogP) is 4.45. The van der Waals surface area contributed by atoms with E-state index in [4.69, 9.17) is 11.6 Å². The van der Waals surface area contributed by atoms with Crippen molar-refractivity contribution >= 4 is 50.7 Å². The van der Waals surface area contributed by atoms with Crippen LogP contribution in [0.2, 0.25) is 5.02 Å². The average molecular weight is 433 g/mol. The molecule has 144 valence electrons. The summed E-state index contributed by atoms with van der Waals surface area (Å²) in [7, 11) is -3.37. The summed E-state index contributed by atoms with van der Waals surface area (Å²) in [5, 5.41) is 2.67. The van der Waals surface area contributed by atoms with Gasteiger partial charge in [-0.3, -0.25) is 9.10 Å². The zero-order valence-corrected chi connectivity index (χ0v) is 16.3. The first-order valence-corrected chi connectivity index (χ1v) is 10.8. The minimum atomic E-state index is -3.37. The number of benzene rings is 2. The van der Waals surface area contributed by atoms with Crippen LogP contribution in [0.1, 0.15) is 16.8 Å². The maximum atomic E-state index is 12.8. The van der Waals surface area contributed by atoms with Crippen LogP contribution in [0.4, 0.5) is 20.2 Å². The van der Waals surface area contributed by atoms with Crippen LogP contribution >= 0.6 is 23.4 Å². The molecular weight excluding hydrogens is 418 g/mol. The summed E-state index contributed by atoms with van der Waals surface area (Å²) in [5.41, 5.74) is 0.771. The Morgan fingerprint density at radius 3 is 2.63 bits per heavy atom. The fourth-order valence-corrected chi connectivity index (χ4v) is 5.21. The summed E-state index contributed by atoms with van der Waals surface area (Å²) in [5.74, 6) is -3.17. The lowest BCUT2D eigenvalue weighted by Gasteiger charge is -2.18. The van der Waals surface area contributed by atoms with Gasteiger partial charge in [0.25, 0.3) is 11.7 Å². The average Bonchev–Trinajstić information content (AvgIpc) is 2.97. The van der Waals surface area contributed by atoms with Crippen LogP contribution in [0.3, 0.4) is 0 Å². The van der Waals surface area contributed by atoms with Crippen molar-refractivity contribution in [3.63, 3.8) is 0 Å². The number of rotatable bonds is 5. The number of sulfonamides is 1. The molecule has 2 aromatic carbocycles. The van der Waals surface area contributed by atoms with Crippen LogP contribution in [-0.2, 0) is 10.0 Å². The molecule has 5 nitrogen and oxygen atoms in total.